The van der Waals surface area contributed by atoms with E-state index in [1.165, 1.54) is 10.9 Å². The minimum absolute atomic E-state index is 0.156. The lowest BCUT2D eigenvalue weighted by Gasteiger charge is -2.04. The van der Waals surface area contributed by atoms with Gasteiger partial charge in [-0.3, -0.25) is 4.79 Å². The predicted octanol–water partition coefficient (Wildman–Crippen LogP) is -0.915. The van der Waals surface area contributed by atoms with E-state index in [4.69, 9.17) is 5.11 Å². The highest BCUT2D eigenvalue weighted by molar-refractivity contribution is 5.73. The average molecular weight is 279 g/mol. The summed E-state index contributed by atoms with van der Waals surface area (Å²) in [6, 6.07) is -0.380. The molecule has 0 aliphatic rings. The molecule has 0 radical (unpaired) electrons. The third-order valence-corrected chi connectivity index (χ3v) is 2.28. The van der Waals surface area contributed by atoms with Crippen LogP contribution in [0.5, 0.6) is 0 Å². The van der Waals surface area contributed by atoms with Crippen LogP contribution in [0.15, 0.2) is 18.6 Å². The number of nitrogens with zero attached hydrogens (tertiary/aromatic N) is 4. The number of carbonyl (C=O) groups excluding carboxylic acids is 1. The van der Waals surface area contributed by atoms with Crippen molar-refractivity contribution in [2.45, 2.75) is 19.6 Å². The van der Waals surface area contributed by atoms with Gasteiger partial charge in [0.25, 0.3) is 0 Å². The van der Waals surface area contributed by atoms with Gasteiger partial charge in [0, 0.05) is 12.4 Å². The molecule has 2 aromatic heterocycles. The second kappa shape index (κ2) is 6.31. The van der Waals surface area contributed by atoms with E-state index < -0.39 is 5.97 Å². The molecule has 2 amide bonds. The number of aromatic nitrogens is 5. The van der Waals surface area contributed by atoms with Gasteiger partial charge in [0.05, 0.1) is 19.3 Å². The van der Waals surface area contributed by atoms with Crippen LogP contribution >= 0.6 is 0 Å². The molecule has 0 aromatic carbocycles. The Labute approximate surface area is 113 Å². The third kappa shape index (κ3) is 4.08. The maximum Gasteiger partial charge on any atom is 0.325 e. The summed E-state index contributed by atoms with van der Waals surface area (Å²) in [5, 5.41) is 21.1. The van der Waals surface area contributed by atoms with Crippen molar-refractivity contribution in [1.29, 1.82) is 0 Å². The van der Waals surface area contributed by atoms with Gasteiger partial charge < -0.3 is 20.7 Å². The molecule has 0 unspecified atom stereocenters. The molecule has 4 N–H and O–H groups in total. The molecule has 10 heteroatoms. The lowest BCUT2D eigenvalue weighted by Crippen LogP contribution is -2.34. The van der Waals surface area contributed by atoms with Crippen molar-refractivity contribution < 1.29 is 14.7 Å². The van der Waals surface area contributed by atoms with Crippen LogP contribution in [0.25, 0.3) is 0 Å². The zero-order chi connectivity index (χ0) is 14.4. The Morgan fingerprint density at radius 2 is 2.15 bits per heavy atom. The molecule has 106 valence electrons. The molecule has 0 fully saturated rings. The summed E-state index contributed by atoms with van der Waals surface area (Å²) in [4.78, 5) is 28.8. The van der Waals surface area contributed by atoms with Crippen molar-refractivity contribution in [2.75, 3.05) is 0 Å². The van der Waals surface area contributed by atoms with Crippen LogP contribution < -0.4 is 10.6 Å². The van der Waals surface area contributed by atoms with Crippen LogP contribution in [0.1, 0.15) is 11.5 Å². The fraction of sp³-hybridized carbons (Fsp3) is 0.300. The smallest absolute Gasteiger partial charge is 0.325 e. The van der Waals surface area contributed by atoms with Crippen molar-refractivity contribution in [1.82, 2.24) is 35.6 Å². The summed E-state index contributed by atoms with van der Waals surface area (Å²) in [5.74, 6) is -0.363. The lowest BCUT2D eigenvalue weighted by atomic mass is 10.4. The van der Waals surface area contributed by atoms with Crippen molar-refractivity contribution in [3.8, 4) is 0 Å². The number of nitrogens with one attached hydrogen (secondary N) is 3. The molecule has 0 atom stereocenters. The van der Waals surface area contributed by atoms with Gasteiger partial charge in [0.15, 0.2) is 0 Å². The highest BCUT2D eigenvalue weighted by Gasteiger charge is 2.06. The van der Waals surface area contributed by atoms with E-state index in [0.29, 0.717) is 11.5 Å². The van der Waals surface area contributed by atoms with Crippen LogP contribution in [0.4, 0.5) is 4.79 Å². The molecule has 0 spiro atoms. The summed E-state index contributed by atoms with van der Waals surface area (Å²) in [6.45, 7) is 0.172. The molecule has 2 heterocycles. The minimum Gasteiger partial charge on any atom is -0.480 e. The van der Waals surface area contributed by atoms with Gasteiger partial charge in [-0.15, -0.1) is 5.10 Å². The van der Waals surface area contributed by atoms with Gasteiger partial charge in [-0.05, 0) is 0 Å². The number of carboxylic acids is 1. The number of rotatable bonds is 6. The number of urea groups is 1. The van der Waals surface area contributed by atoms with Crippen molar-refractivity contribution >= 4 is 12.0 Å². The summed E-state index contributed by atoms with van der Waals surface area (Å²) in [7, 11) is 0. The highest BCUT2D eigenvalue weighted by atomic mass is 16.4. The largest absolute Gasteiger partial charge is 0.480 e. The molecule has 0 aliphatic carbocycles. The summed E-state index contributed by atoms with van der Waals surface area (Å²) in [6.07, 6.45) is 4.71. The first-order chi connectivity index (χ1) is 9.63. The van der Waals surface area contributed by atoms with Crippen molar-refractivity contribution in [3.63, 3.8) is 0 Å². The van der Waals surface area contributed by atoms with Gasteiger partial charge in [-0.1, -0.05) is 5.21 Å². The maximum absolute atomic E-state index is 11.5. The van der Waals surface area contributed by atoms with Gasteiger partial charge in [0.2, 0.25) is 0 Å². The number of imidazole rings is 1. The van der Waals surface area contributed by atoms with Gasteiger partial charge in [-0.2, -0.15) is 0 Å². The Morgan fingerprint density at radius 3 is 2.85 bits per heavy atom. The summed E-state index contributed by atoms with van der Waals surface area (Å²) in [5.41, 5.74) is 0.472. The SMILES string of the molecule is O=C(O)Cn1cc(CNC(=O)NCc2ncc[nH]2)nn1. The molecular formula is C10H13N7O3. The summed E-state index contributed by atoms with van der Waals surface area (Å²) < 4.78 is 1.18. The van der Waals surface area contributed by atoms with E-state index in [0.717, 1.165) is 0 Å². The quantitative estimate of drug-likeness (QED) is 0.540. The molecule has 10 nitrogen and oxygen atoms in total. The van der Waals surface area contributed by atoms with E-state index >= 15 is 0 Å². The Balaban J connectivity index is 1.72. The van der Waals surface area contributed by atoms with Crippen LogP contribution in [0.2, 0.25) is 0 Å². The first-order valence-corrected chi connectivity index (χ1v) is 5.74. The molecule has 0 saturated carbocycles. The minimum atomic E-state index is -1.01. The molecular weight excluding hydrogens is 266 g/mol. The number of hydrogen-bond donors (Lipinski definition) is 4. The lowest BCUT2D eigenvalue weighted by molar-refractivity contribution is -0.137. The van der Waals surface area contributed by atoms with E-state index in [2.05, 4.69) is 30.9 Å². The molecule has 2 rings (SSSR count). The van der Waals surface area contributed by atoms with E-state index in [9.17, 15) is 9.59 Å². The number of aromatic amines is 1. The Hall–Kier alpha value is -2.91. The Morgan fingerprint density at radius 1 is 1.35 bits per heavy atom. The topological polar surface area (TPSA) is 138 Å². The highest BCUT2D eigenvalue weighted by Crippen LogP contribution is 1.93. The zero-order valence-electron chi connectivity index (χ0n) is 10.4. The van der Waals surface area contributed by atoms with Crippen LogP contribution in [-0.4, -0.2) is 42.1 Å². The second-order valence-electron chi connectivity index (χ2n) is 3.87. The predicted molar refractivity (Wildman–Crippen MR) is 65.3 cm³/mol. The first kappa shape index (κ1) is 13.5. The normalized spacial score (nSPS) is 10.2. The number of hydrogen-bond acceptors (Lipinski definition) is 5. The fourth-order valence-corrected chi connectivity index (χ4v) is 1.43. The first-order valence-electron chi connectivity index (χ1n) is 5.74. The maximum atomic E-state index is 11.5. The number of aliphatic carboxylic acids is 1. The van der Waals surface area contributed by atoms with Gasteiger partial charge >= 0.3 is 12.0 Å². The monoisotopic (exact) mass is 279 g/mol. The Bertz CT molecular complexity index is 577. The number of carboxylic acid groups (broad SMARTS) is 1. The van der Waals surface area contributed by atoms with Crippen LogP contribution in [0.3, 0.4) is 0 Å². The molecule has 0 bridgehead atoms. The molecule has 0 saturated heterocycles. The standard InChI is InChI=1S/C10H13N7O3/c18-9(19)6-17-5-7(15-16-17)3-13-10(20)14-4-8-11-1-2-12-8/h1-2,5H,3-4,6H2,(H,11,12)(H,18,19)(H2,13,14,20). The summed E-state index contributed by atoms with van der Waals surface area (Å²) >= 11 is 0. The molecule has 0 aliphatic heterocycles. The van der Waals surface area contributed by atoms with E-state index in [1.54, 1.807) is 12.4 Å². The van der Waals surface area contributed by atoms with Gasteiger partial charge in [0.1, 0.15) is 18.1 Å². The average Bonchev–Trinajstić information content (AvgIpc) is 3.04. The van der Waals surface area contributed by atoms with Crippen molar-refractivity contribution in [2.24, 2.45) is 0 Å². The van der Waals surface area contributed by atoms with Crippen LogP contribution in [-0.2, 0) is 24.4 Å². The second-order valence-corrected chi connectivity index (χ2v) is 3.87. The Kier molecular flexibility index (Phi) is 4.27. The van der Waals surface area contributed by atoms with Crippen LogP contribution in [0, 0.1) is 0 Å². The van der Waals surface area contributed by atoms with E-state index in [-0.39, 0.29) is 25.7 Å². The zero-order valence-corrected chi connectivity index (χ0v) is 10.4. The number of amides is 2. The van der Waals surface area contributed by atoms with E-state index in [1.807, 2.05) is 0 Å². The van der Waals surface area contributed by atoms with Crippen molar-refractivity contribution in [3.05, 3.63) is 30.1 Å². The molecule has 2 aromatic rings. The molecule has 20 heavy (non-hydrogen) atoms. The third-order valence-electron chi connectivity index (χ3n) is 2.28. The number of H-pyrrole nitrogens is 1. The fourth-order valence-electron chi connectivity index (χ4n) is 1.43. The van der Waals surface area contributed by atoms with Gasteiger partial charge in [-0.25, -0.2) is 14.5 Å². The number of carbonyl (C=O) groups is 2.